The van der Waals surface area contributed by atoms with Crippen molar-refractivity contribution in [1.29, 1.82) is 0 Å². The second-order valence-corrected chi connectivity index (χ2v) is 7.85. The van der Waals surface area contributed by atoms with Gasteiger partial charge in [0.2, 0.25) is 0 Å². The topological polar surface area (TPSA) is 52.1 Å². The number of hydrogen-bond acceptors (Lipinski definition) is 4. The highest BCUT2D eigenvalue weighted by Crippen LogP contribution is 2.12. The average Bonchev–Trinajstić information content (AvgIpc) is 2.57. The van der Waals surface area contributed by atoms with Crippen LogP contribution in [0.3, 0.4) is 0 Å². The monoisotopic (exact) mass is 483 g/mol. The Hall–Kier alpha value is -0.120. The van der Waals surface area contributed by atoms with E-state index in [0.717, 1.165) is 64.9 Å². The van der Waals surface area contributed by atoms with E-state index < -0.39 is 0 Å². The molecule has 1 saturated heterocycles. The molecule has 1 unspecified atom stereocenters. The van der Waals surface area contributed by atoms with E-state index in [9.17, 15) is 0 Å². The summed E-state index contributed by atoms with van der Waals surface area (Å²) in [4.78, 5) is 9.37. The molecule has 0 bridgehead atoms. The second kappa shape index (κ2) is 14.9. The predicted molar refractivity (Wildman–Crippen MR) is 123 cm³/mol. The second-order valence-electron chi connectivity index (χ2n) is 7.85. The maximum absolute atomic E-state index is 5.62. The van der Waals surface area contributed by atoms with Crippen LogP contribution in [-0.2, 0) is 4.74 Å². The van der Waals surface area contributed by atoms with E-state index in [4.69, 9.17) is 4.74 Å². The molecule has 0 aromatic rings. The molecule has 1 aliphatic heterocycles. The summed E-state index contributed by atoms with van der Waals surface area (Å²) >= 11 is 0. The minimum atomic E-state index is 0. The lowest BCUT2D eigenvalue weighted by Gasteiger charge is -2.40. The van der Waals surface area contributed by atoms with Gasteiger partial charge >= 0.3 is 0 Å². The van der Waals surface area contributed by atoms with Gasteiger partial charge < -0.3 is 20.3 Å². The molecule has 0 saturated carbocycles. The summed E-state index contributed by atoms with van der Waals surface area (Å²) in [6.45, 7) is 17.1. The number of aliphatic imine (C=N–C) groups is 1. The van der Waals surface area contributed by atoms with Crippen LogP contribution in [0.25, 0.3) is 0 Å². The molecule has 0 spiro atoms. The van der Waals surface area contributed by atoms with Gasteiger partial charge in [0, 0.05) is 65.6 Å². The highest BCUT2D eigenvalue weighted by atomic mass is 127. The zero-order valence-electron chi connectivity index (χ0n) is 17.8. The van der Waals surface area contributed by atoms with Gasteiger partial charge in [-0.3, -0.25) is 9.89 Å². The summed E-state index contributed by atoms with van der Waals surface area (Å²) in [5.74, 6) is 2.12. The van der Waals surface area contributed by atoms with E-state index in [1.807, 2.05) is 7.05 Å². The molecule has 0 aliphatic carbocycles. The van der Waals surface area contributed by atoms with E-state index in [-0.39, 0.29) is 24.0 Å². The van der Waals surface area contributed by atoms with Crippen LogP contribution in [0.15, 0.2) is 4.99 Å². The number of rotatable bonds is 10. The van der Waals surface area contributed by atoms with E-state index in [1.54, 1.807) is 0 Å². The van der Waals surface area contributed by atoms with Crippen LogP contribution in [0.2, 0.25) is 0 Å². The molecule has 156 valence electrons. The van der Waals surface area contributed by atoms with Crippen molar-refractivity contribution in [3.05, 3.63) is 0 Å². The molecule has 0 amide bonds. The minimum Gasteiger partial charge on any atom is -0.381 e. The summed E-state index contributed by atoms with van der Waals surface area (Å²) < 4.78 is 5.62. The van der Waals surface area contributed by atoms with Gasteiger partial charge in [0.1, 0.15) is 0 Å². The molecule has 0 aromatic carbocycles. The van der Waals surface area contributed by atoms with Gasteiger partial charge in [-0.2, -0.15) is 0 Å². The summed E-state index contributed by atoms with van der Waals surface area (Å²) in [5.41, 5.74) is 0. The van der Waals surface area contributed by atoms with E-state index >= 15 is 0 Å². The van der Waals surface area contributed by atoms with Gasteiger partial charge in [0.05, 0.1) is 0 Å². The molecule has 26 heavy (non-hydrogen) atoms. The first-order valence-corrected chi connectivity index (χ1v) is 9.88. The van der Waals surface area contributed by atoms with Crippen molar-refractivity contribution in [2.24, 2.45) is 16.8 Å². The largest absolute Gasteiger partial charge is 0.381 e. The Bertz CT molecular complexity index is 371. The lowest BCUT2D eigenvalue weighted by Crippen LogP contribution is -2.55. The van der Waals surface area contributed by atoms with Crippen LogP contribution in [0, 0.1) is 11.8 Å². The molecule has 1 fully saturated rings. The van der Waals surface area contributed by atoms with Crippen LogP contribution < -0.4 is 10.6 Å². The van der Waals surface area contributed by atoms with Crippen molar-refractivity contribution in [3.63, 3.8) is 0 Å². The number of hydrogen-bond donors (Lipinski definition) is 2. The summed E-state index contributed by atoms with van der Waals surface area (Å²) in [5, 5.41) is 6.91. The van der Waals surface area contributed by atoms with Crippen molar-refractivity contribution >= 4 is 29.9 Å². The quantitative estimate of drug-likeness (QED) is 0.216. The number of halogens is 1. The summed E-state index contributed by atoms with van der Waals surface area (Å²) in [7, 11) is 4.04. The van der Waals surface area contributed by atoms with Gasteiger partial charge in [0.25, 0.3) is 0 Å². The van der Waals surface area contributed by atoms with Crippen molar-refractivity contribution in [1.82, 2.24) is 20.4 Å². The fourth-order valence-electron chi connectivity index (χ4n) is 3.06. The molecule has 0 radical (unpaired) electrons. The van der Waals surface area contributed by atoms with Crippen molar-refractivity contribution in [2.45, 2.75) is 40.2 Å². The molecular weight excluding hydrogens is 441 g/mol. The van der Waals surface area contributed by atoms with E-state index in [2.05, 4.69) is 60.2 Å². The molecule has 7 heteroatoms. The Morgan fingerprint density at radius 2 is 1.73 bits per heavy atom. The highest BCUT2D eigenvalue weighted by molar-refractivity contribution is 14.0. The highest BCUT2D eigenvalue weighted by Gasteiger charge is 2.24. The zero-order chi connectivity index (χ0) is 18.7. The molecule has 2 N–H and O–H groups in total. The van der Waals surface area contributed by atoms with Gasteiger partial charge in [-0.05, 0) is 25.3 Å². The van der Waals surface area contributed by atoms with Crippen LogP contribution in [-0.4, -0.2) is 88.4 Å². The Labute approximate surface area is 178 Å². The number of likely N-dealkylation sites (N-methyl/N-ethyl adjacent to an activating group) is 1. The van der Waals surface area contributed by atoms with Gasteiger partial charge in [-0.1, -0.05) is 27.7 Å². The van der Waals surface area contributed by atoms with E-state index in [0.29, 0.717) is 17.9 Å². The SMILES string of the molecule is CN=C(NCCCOCC(C)C)NCC(C(C)C)N1CCN(C)CC1.I. The fourth-order valence-corrected chi connectivity index (χ4v) is 3.06. The fraction of sp³-hybridized carbons (Fsp3) is 0.947. The first kappa shape index (κ1) is 25.9. The van der Waals surface area contributed by atoms with Crippen LogP contribution >= 0.6 is 24.0 Å². The predicted octanol–water partition coefficient (Wildman–Crippen LogP) is 2.10. The van der Waals surface area contributed by atoms with E-state index in [1.165, 1.54) is 0 Å². The van der Waals surface area contributed by atoms with Crippen molar-refractivity contribution in [2.75, 3.05) is 66.6 Å². The zero-order valence-corrected chi connectivity index (χ0v) is 20.1. The molecule has 1 heterocycles. The van der Waals surface area contributed by atoms with Crippen molar-refractivity contribution in [3.8, 4) is 0 Å². The Morgan fingerprint density at radius 1 is 1.08 bits per heavy atom. The third-order valence-corrected chi connectivity index (χ3v) is 4.69. The summed E-state index contributed by atoms with van der Waals surface area (Å²) in [6, 6.07) is 0.543. The van der Waals surface area contributed by atoms with Gasteiger partial charge in [-0.15, -0.1) is 24.0 Å². The number of nitrogens with zero attached hydrogens (tertiary/aromatic N) is 3. The Kier molecular flexibility index (Phi) is 14.8. The number of nitrogens with one attached hydrogen (secondary N) is 2. The molecule has 1 atom stereocenters. The number of ether oxygens (including phenoxy) is 1. The number of piperazine rings is 1. The average molecular weight is 483 g/mol. The molecule has 0 aromatic heterocycles. The maximum atomic E-state index is 5.62. The normalized spacial score (nSPS) is 18.1. The molecular formula is C19H42IN5O. The van der Waals surface area contributed by atoms with Crippen molar-refractivity contribution < 1.29 is 4.74 Å². The van der Waals surface area contributed by atoms with Crippen LogP contribution in [0.1, 0.15) is 34.1 Å². The molecule has 1 rings (SSSR count). The Balaban J connectivity index is 0.00000625. The standard InChI is InChI=1S/C19H41N5O.HI/c1-16(2)15-25-13-7-8-21-19(20-5)22-14-18(17(3)4)24-11-9-23(6)10-12-24;/h16-18H,7-15H2,1-6H3,(H2,20,21,22);1H. The smallest absolute Gasteiger partial charge is 0.191 e. The third-order valence-electron chi connectivity index (χ3n) is 4.69. The lowest BCUT2D eigenvalue weighted by molar-refractivity contribution is 0.0899. The van der Waals surface area contributed by atoms with Crippen LogP contribution in [0.5, 0.6) is 0 Å². The Morgan fingerprint density at radius 3 is 2.27 bits per heavy atom. The van der Waals surface area contributed by atoms with Crippen LogP contribution in [0.4, 0.5) is 0 Å². The number of guanidine groups is 1. The van der Waals surface area contributed by atoms with Gasteiger partial charge in [-0.25, -0.2) is 0 Å². The summed E-state index contributed by atoms with van der Waals surface area (Å²) in [6.07, 6.45) is 0.999. The maximum Gasteiger partial charge on any atom is 0.191 e. The first-order chi connectivity index (χ1) is 11.9. The third kappa shape index (κ3) is 10.9. The van der Waals surface area contributed by atoms with Gasteiger partial charge in [0.15, 0.2) is 5.96 Å². The molecule has 1 aliphatic rings. The minimum absolute atomic E-state index is 0. The first-order valence-electron chi connectivity index (χ1n) is 9.88. The molecule has 6 nitrogen and oxygen atoms in total. The lowest BCUT2D eigenvalue weighted by atomic mass is 10.0.